The van der Waals surface area contributed by atoms with E-state index in [-0.39, 0.29) is 11.2 Å². The summed E-state index contributed by atoms with van der Waals surface area (Å²) in [5.41, 5.74) is 6.04. The minimum absolute atomic E-state index is 0.0516. The van der Waals surface area contributed by atoms with Crippen LogP contribution in [0.2, 0.25) is 0 Å². The molecular formula is C28H27NO2. The van der Waals surface area contributed by atoms with Crippen molar-refractivity contribution >= 4 is 17.5 Å². The molecule has 0 aliphatic carbocycles. The summed E-state index contributed by atoms with van der Waals surface area (Å²) in [7, 11) is 2.07. The van der Waals surface area contributed by atoms with Gasteiger partial charge in [-0.2, -0.15) is 0 Å². The standard InChI is InChI=1S/C28H27NO2/c1-18-10-11-21(16-19(18)2)26(30)22-12-13-24-23(17-22)27(3,4)28(29(24)5)15-14-20-8-6-7-9-25(20)31-28/h6-17H,1-5H3. The quantitative estimate of drug-likeness (QED) is 0.482. The Labute approximate surface area is 184 Å². The topological polar surface area (TPSA) is 29.5 Å². The van der Waals surface area contributed by atoms with Gasteiger partial charge in [0.1, 0.15) is 5.75 Å². The van der Waals surface area contributed by atoms with Crippen LogP contribution in [0.1, 0.15) is 52.0 Å². The number of rotatable bonds is 2. The lowest BCUT2D eigenvalue weighted by atomic mass is 9.76. The molecule has 0 aromatic heterocycles. The Hall–Kier alpha value is -3.33. The second-order valence-corrected chi connectivity index (χ2v) is 9.21. The zero-order chi connectivity index (χ0) is 22.0. The monoisotopic (exact) mass is 409 g/mol. The van der Waals surface area contributed by atoms with Gasteiger partial charge in [0.2, 0.25) is 5.72 Å². The fourth-order valence-electron chi connectivity index (χ4n) is 4.94. The van der Waals surface area contributed by atoms with Gasteiger partial charge in [-0.25, -0.2) is 0 Å². The molecule has 0 saturated heterocycles. The molecule has 31 heavy (non-hydrogen) atoms. The van der Waals surface area contributed by atoms with Gasteiger partial charge < -0.3 is 9.64 Å². The van der Waals surface area contributed by atoms with Crippen LogP contribution >= 0.6 is 0 Å². The number of hydrogen-bond donors (Lipinski definition) is 0. The van der Waals surface area contributed by atoms with Crippen LogP contribution in [0.3, 0.4) is 0 Å². The van der Waals surface area contributed by atoms with Gasteiger partial charge in [-0.1, -0.05) is 30.3 Å². The number of ketones is 1. The Morgan fingerprint density at radius 1 is 0.903 bits per heavy atom. The molecule has 2 aliphatic rings. The zero-order valence-corrected chi connectivity index (χ0v) is 18.7. The summed E-state index contributed by atoms with van der Waals surface area (Å²) in [6, 6.07) is 20.1. The lowest BCUT2D eigenvalue weighted by molar-refractivity contribution is 0.0581. The molecule has 3 aromatic carbocycles. The summed E-state index contributed by atoms with van der Waals surface area (Å²) in [6.07, 6.45) is 4.30. The van der Waals surface area contributed by atoms with Crippen molar-refractivity contribution in [1.82, 2.24) is 0 Å². The minimum atomic E-state index is -0.647. The van der Waals surface area contributed by atoms with Crippen molar-refractivity contribution in [3.05, 3.63) is 100 Å². The van der Waals surface area contributed by atoms with E-state index in [0.717, 1.165) is 33.7 Å². The van der Waals surface area contributed by atoms with Crippen LogP contribution in [0.5, 0.6) is 5.75 Å². The number of aryl methyl sites for hydroxylation is 2. The minimum Gasteiger partial charge on any atom is -0.463 e. The lowest BCUT2D eigenvalue weighted by Crippen LogP contribution is -2.58. The third kappa shape index (κ3) is 2.69. The van der Waals surface area contributed by atoms with E-state index in [1.54, 1.807) is 0 Å². The Morgan fingerprint density at radius 3 is 2.39 bits per heavy atom. The summed E-state index contributed by atoms with van der Waals surface area (Å²) < 4.78 is 6.66. The number of carbonyl (C=O) groups excluding carboxylic acids is 1. The average molecular weight is 410 g/mol. The second kappa shape index (κ2) is 6.58. The molecule has 1 atom stereocenters. The van der Waals surface area contributed by atoms with Gasteiger partial charge in [0.15, 0.2) is 5.78 Å². The molecule has 3 nitrogen and oxygen atoms in total. The molecule has 156 valence electrons. The number of likely N-dealkylation sites (N-methyl/N-ethyl adjacent to an activating group) is 1. The molecule has 3 aromatic rings. The van der Waals surface area contributed by atoms with Crippen LogP contribution in [0, 0.1) is 13.8 Å². The Balaban J connectivity index is 1.58. The highest BCUT2D eigenvalue weighted by molar-refractivity contribution is 6.09. The smallest absolute Gasteiger partial charge is 0.211 e. The van der Waals surface area contributed by atoms with E-state index in [9.17, 15) is 4.79 Å². The van der Waals surface area contributed by atoms with E-state index in [2.05, 4.69) is 63.1 Å². The van der Waals surface area contributed by atoms with E-state index in [0.29, 0.717) is 5.56 Å². The van der Waals surface area contributed by atoms with E-state index >= 15 is 0 Å². The zero-order valence-electron chi connectivity index (χ0n) is 18.7. The second-order valence-electron chi connectivity index (χ2n) is 9.21. The molecule has 0 amide bonds. The van der Waals surface area contributed by atoms with Crippen molar-refractivity contribution in [3.8, 4) is 5.75 Å². The van der Waals surface area contributed by atoms with Gasteiger partial charge in [-0.3, -0.25) is 4.79 Å². The molecule has 0 N–H and O–H groups in total. The normalized spacial score (nSPS) is 20.4. The van der Waals surface area contributed by atoms with Crippen LogP contribution in [0.4, 0.5) is 5.69 Å². The number of benzene rings is 3. The summed E-state index contributed by atoms with van der Waals surface area (Å²) in [4.78, 5) is 15.5. The third-order valence-electron chi connectivity index (χ3n) is 7.13. The summed E-state index contributed by atoms with van der Waals surface area (Å²) >= 11 is 0. The van der Waals surface area contributed by atoms with Crippen LogP contribution in [0.25, 0.3) is 6.08 Å². The highest BCUT2D eigenvalue weighted by atomic mass is 16.5. The average Bonchev–Trinajstić information content (AvgIpc) is 2.93. The molecular weight excluding hydrogens is 382 g/mol. The Kier molecular flexibility index (Phi) is 4.17. The van der Waals surface area contributed by atoms with Gasteiger partial charge >= 0.3 is 0 Å². The molecule has 1 spiro atoms. The predicted octanol–water partition coefficient (Wildman–Crippen LogP) is 6.06. The molecule has 0 fully saturated rings. The largest absolute Gasteiger partial charge is 0.463 e. The van der Waals surface area contributed by atoms with Crippen molar-refractivity contribution in [1.29, 1.82) is 0 Å². The first-order chi connectivity index (χ1) is 14.7. The highest BCUT2D eigenvalue weighted by Gasteiger charge is 2.57. The summed E-state index contributed by atoms with van der Waals surface area (Å²) in [5, 5.41) is 0. The number of fused-ring (bicyclic) bond motifs is 2. The van der Waals surface area contributed by atoms with Gasteiger partial charge in [-0.05, 0) is 86.9 Å². The lowest BCUT2D eigenvalue weighted by Gasteiger charge is -2.45. The number of carbonyl (C=O) groups is 1. The van der Waals surface area contributed by atoms with Crippen molar-refractivity contribution in [2.45, 2.75) is 38.8 Å². The first-order valence-electron chi connectivity index (χ1n) is 10.7. The summed E-state index contributed by atoms with van der Waals surface area (Å²) in [6.45, 7) is 8.49. The molecule has 0 saturated carbocycles. The van der Waals surface area contributed by atoms with Crippen molar-refractivity contribution in [2.75, 3.05) is 11.9 Å². The van der Waals surface area contributed by atoms with E-state index in [1.807, 2.05) is 49.4 Å². The van der Waals surface area contributed by atoms with Gasteiger partial charge in [-0.15, -0.1) is 0 Å². The van der Waals surface area contributed by atoms with E-state index in [1.165, 1.54) is 5.56 Å². The number of para-hydroxylation sites is 1. The van der Waals surface area contributed by atoms with Gasteiger partial charge in [0.05, 0.1) is 5.41 Å². The van der Waals surface area contributed by atoms with Gasteiger partial charge in [0, 0.05) is 29.4 Å². The number of ether oxygens (including phenoxy) is 1. The predicted molar refractivity (Wildman–Crippen MR) is 126 cm³/mol. The molecule has 5 rings (SSSR count). The Bertz CT molecular complexity index is 1250. The van der Waals surface area contributed by atoms with Crippen LogP contribution < -0.4 is 9.64 Å². The van der Waals surface area contributed by atoms with Crippen molar-refractivity contribution in [2.24, 2.45) is 0 Å². The fourth-order valence-corrected chi connectivity index (χ4v) is 4.94. The number of nitrogens with zero attached hydrogens (tertiary/aromatic N) is 1. The molecule has 3 heteroatoms. The number of hydrogen-bond acceptors (Lipinski definition) is 3. The first-order valence-corrected chi connectivity index (χ1v) is 10.7. The van der Waals surface area contributed by atoms with E-state index in [4.69, 9.17) is 4.74 Å². The van der Waals surface area contributed by atoms with Gasteiger partial charge in [0.25, 0.3) is 0 Å². The van der Waals surface area contributed by atoms with Crippen molar-refractivity contribution < 1.29 is 9.53 Å². The van der Waals surface area contributed by atoms with Crippen LogP contribution in [-0.4, -0.2) is 18.6 Å². The molecule has 2 aliphatic heterocycles. The third-order valence-corrected chi connectivity index (χ3v) is 7.13. The summed E-state index contributed by atoms with van der Waals surface area (Å²) in [5.74, 6) is 0.930. The van der Waals surface area contributed by atoms with Crippen LogP contribution in [0.15, 0.2) is 66.7 Å². The van der Waals surface area contributed by atoms with E-state index < -0.39 is 5.72 Å². The maximum Gasteiger partial charge on any atom is 0.211 e. The van der Waals surface area contributed by atoms with Crippen molar-refractivity contribution in [3.63, 3.8) is 0 Å². The fraction of sp³-hybridized carbons (Fsp3) is 0.250. The first kappa shape index (κ1) is 19.6. The SMILES string of the molecule is Cc1ccc(C(=O)c2ccc3c(c2)C(C)(C)C2(C=Cc4ccccc4O2)N3C)cc1C. The maximum atomic E-state index is 13.3. The highest BCUT2D eigenvalue weighted by Crippen LogP contribution is 2.54. The Morgan fingerprint density at radius 2 is 1.61 bits per heavy atom. The molecule has 0 bridgehead atoms. The molecule has 0 radical (unpaired) electrons. The molecule has 1 unspecified atom stereocenters. The number of anilines is 1. The molecule has 2 heterocycles. The van der Waals surface area contributed by atoms with Crippen LogP contribution in [-0.2, 0) is 5.41 Å². The maximum absolute atomic E-state index is 13.3.